The van der Waals surface area contributed by atoms with Crippen molar-refractivity contribution >= 4 is 11.8 Å². The molecule has 0 aromatic carbocycles. The minimum Gasteiger partial charge on any atom is -0.344 e. The van der Waals surface area contributed by atoms with Crippen molar-refractivity contribution in [1.82, 2.24) is 15.5 Å². The Bertz CT molecular complexity index is 340. The molecule has 2 N–H and O–H groups in total. The van der Waals surface area contributed by atoms with Gasteiger partial charge < -0.3 is 15.5 Å². The van der Waals surface area contributed by atoms with Gasteiger partial charge in [-0.2, -0.15) is 0 Å². The van der Waals surface area contributed by atoms with Gasteiger partial charge >= 0.3 is 0 Å². The van der Waals surface area contributed by atoms with E-state index in [0.717, 1.165) is 32.5 Å². The molecule has 1 aliphatic heterocycles. The third-order valence-corrected chi connectivity index (χ3v) is 4.18. The number of amides is 2. The minimum absolute atomic E-state index is 0.103. The molecule has 0 spiro atoms. The Labute approximate surface area is 115 Å². The lowest BCUT2D eigenvalue weighted by Crippen LogP contribution is -2.58. The highest BCUT2D eigenvalue weighted by atomic mass is 16.2. The van der Waals surface area contributed by atoms with E-state index in [4.69, 9.17) is 0 Å². The SMILES string of the molecule is CC(=O)NC(C(=O)N1CCNC(C)C1)C1CCCC1. The third kappa shape index (κ3) is 3.69. The standard InChI is InChI=1S/C14H25N3O2/c1-10-9-17(8-7-15-10)14(19)13(16-11(2)18)12-5-3-4-6-12/h10,12-13,15H,3-9H2,1-2H3,(H,16,18). The molecule has 19 heavy (non-hydrogen) atoms. The Balaban J connectivity index is 2.03. The number of rotatable bonds is 3. The van der Waals surface area contributed by atoms with Crippen LogP contribution in [0.4, 0.5) is 0 Å². The molecule has 5 nitrogen and oxygen atoms in total. The van der Waals surface area contributed by atoms with Crippen LogP contribution in [0.3, 0.4) is 0 Å². The molecule has 0 radical (unpaired) electrons. The van der Waals surface area contributed by atoms with Gasteiger partial charge in [-0.05, 0) is 25.7 Å². The molecule has 2 aliphatic rings. The van der Waals surface area contributed by atoms with Crippen LogP contribution in [0.15, 0.2) is 0 Å². The Hall–Kier alpha value is -1.10. The van der Waals surface area contributed by atoms with Gasteiger partial charge in [0, 0.05) is 32.6 Å². The van der Waals surface area contributed by atoms with Gasteiger partial charge in [0.15, 0.2) is 0 Å². The molecule has 108 valence electrons. The molecule has 0 bridgehead atoms. The average Bonchev–Trinajstić information content (AvgIpc) is 2.88. The van der Waals surface area contributed by atoms with Crippen LogP contribution in [-0.2, 0) is 9.59 Å². The number of hydrogen-bond donors (Lipinski definition) is 2. The predicted octanol–water partition coefficient (Wildman–Crippen LogP) is 0.502. The lowest BCUT2D eigenvalue weighted by atomic mass is 9.96. The zero-order valence-corrected chi connectivity index (χ0v) is 11.9. The summed E-state index contributed by atoms with van der Waals surface area (Å²) < 4.78 is 0. The summed E-state index contributed by atoms with van der Waals surface area (Å²) in [7, 11) is 0. The molecular weight excluding hydrogens is 242 g/mol. The smallest absolute Gasteiger partial charge is 0.245 e. The Kier molecular flexibility index (Phi) is 4.80. The van der Waals surface area contributed by atoms with Gasteiger partial charge in [-0.1, -0.05) is 12.8 Å². The molecular formula is C14H25N3O2. The average molecular weight is 267 g/mol. The molecule has 0 aromatic rings. The summed E-state index contributed by atoms with van der Waals surface area (Å²) in [5.74, 6) is 0.325. The molecule has 1 saturated carbocycles. The van der Waals surface area contributed by atoms with Crippen LogP contribution in [0.5, 0.6) is 0 Å². The summed E-state index contributed by atoms with van der Waals surface area (Å²) in [6, 6.07) is 0.0181. The first-order valence-corrected chi connectivity index (χ1v) is 7.37. The number of carbonyl (C=O) groups excluding carboxylic acids is 2. The van der Waals surface area contributed by atoms with Gasteiger partial charge in [0.2, 0.25) is 11.8 Å². The van der Waals surface area contributed by atoms with Gasteiger partial charge in [-0.3, -0.25) is 9.59 Å². The zero-order valence-electron chi connectivity index (χ0n) is 11.9. The van der Waals surface area contributed by atoms with Crippen molar-refractivity contribution in [3.63, 3.8) is 0 Å². The summed E-state index contributed by atoms with van der Waals surface area (Å²) in [6.07, 6.45) is 4.45. The molecule has 0 aromatic heterocycles. The van der Waals surface area contributed by atoms with Crippen molar-refractivity contribution in [3.05, 3.63) is 0 Å². The lowest BCUT2D eigenvalue weighted by Gasteiger charge is -2.36. The molecule has 1 saturated heterocycles. The number of hydrogen-bond acceptors (Lipinski definition) is 3. The predicted molar refractivity (Wildman–Crippen MR) is 73.6 cm³/mol. The second-order valence-electron chi connectivity index (χ2n) is 5.86. The van der Waals surface area contributed by atoms with Crippen LogP contribution in [-0.4, -0.2) is 48.4 Å². The van der Waals surface area contributed by atoms with E-state index < -0.39 is 0 Å². The summed E-state index contributed by atoms with van der Waals surface area (Å²) in [4.78, 5) is 25.9. The maximum absolute atomic E-state index is 12.6. The highest BCUT2D eigenvalue weighted by molar-refractivity contribution is 5.87. The first-order chi connectivity index (χ1) is 9.08. The maximum atomic E-state index is 12.6. The zero-order chi connectivity index (χ0) is 13.8. The van der Waals surface area contributed by atoms with E-state index in [9.17, 15) is 9.59 Å². The van der Waals surface area contributed by atoms with Crippen molar-refractivity contribution in [2.45, 2.75) is 51.6 Å². The second kappa shape index (κ2) is 6.37. The molecule has 5 heteroatoms. The summed E-state index contributed by atoms with van der Waals surface area (Å²) in [5, 5.41) is 6.22. The molecule has 2 rings (SSSR count). The van der Waals surface area contributed by atoms with Crippen molar-refractivity contribution in [2.24, 2.45) is 5.92 Å². The normalized spacial score (nSPS) is 26.2. The largest absolute Gasteiger partial charge is 0.344 e. The van der Waals surface area contributed by atoms with Gasteiger partial charge in [0.1, 0.15) is 6.04 Å². The first kappa shape index (κ1) is 14.3. The molecule has 2 atom stereocenters. The van der Waals surface area contributed by atoms with Crippen LogP contribution < -0.4 is 10.6 Å². The van der Waals surface area contributed by atoms with Crippen molar-refractivity contribution in [3.8, 4) is 0 Å². The van der Waals surface area contributed by atoms with Crippen molar-refractivity contribution in [1.29, 1.82) is 0 Å². The van der Waals surface area contributed by atoms with Gasteiger partial charge in [-0.15, -0.1) is 0 Å². The fourth-order valence-electron chi connectivity index (χ4n) is 3.22. The molecule has 2 fully saturated rings. The Morgan fingerprint density at radius 3 is 2.58 bits per heavy atom. The summed E-state index contributed by atoms with van der Waals surface area (Å²) in [5.41, 5.74) is 0. The van der Waals surface area contributed by atoms with Crippen molar-refractivity contribution in [2.75, 3.05) is 19.6 Å². The number of piperazine rings is 1. The quantitative estimate of drug-likeness (QED) is 0.783. The molecule has 2 amide bonds. The lowest BCUT2D eigenvalue weighted by molar-refractivity contribution is -0.138. The highest BCUT2D eigenvalue weighted by Gasteiger charge is 2.35. The van der Waals surface area contributed by atoms with E-state index in [0.29, 0.717) is 12.0 Å². The van der Waals surface area contributed by atoms with E-state index in [2.05, 4.69) is 17.6 Å². The fraction of sp³-hybridized carbons (Fsp3) is 0.857. The highest BCUT2D eigenvalue weighted by Crippen LogP contribution is 2.28. The number of nitrogens with one attached hydrogen (secondary N) is 2. The molecule has 1 aliphatic carbocycles. The number of carbonyl (C=O) groups is 2. The van der Waals surface area contributed by atoms with E-state index >= 15 is 0 Å². The van der Waals surface area contributed by atoms with Gasteiger partial charge in [-0.25, -0.2) is 0 Å². The number of nitrogens with zero attached hydrogens (tertiary/aromatic N) is 1. The van der Waals surface area contributed by atoms with E-state index in [1.807, 2.05) is 4.90 Å². The second-order valence-corrected chi connectivity index (χ2v) is 5.86. The topological polar surface area (TPSA) is 61.4 Å². The van der Waals surface area contributed by atoms with Gasteiger partial charge in [0.05, 0.1) is 0 Å². The van der Waals surface area contributed by atoms with E-state index in [1.165, 1.54) is 19.8 Å². The van der Waals surface area contributed by atoms with Crippen LogP contribution in [0.25, 0.3) is 0 Å². The summed E-state index contributed by atoms with van der Waals surface area (Å²) >= 11 is 0. The van der Waals surface area contributed by atoms with Crippen LogP contribution in [0.1, 0.15) is 39.5 Å². The van der Waals surface area contributed by atoms with E-state index in [1.54, 1.807) is 0 Å². The Morgan fingerprint density at radius 1 is 1.32 bits per heavy atom. The molecule has 2 unspecified atom stereocenters. The van der Waals surface area contributed by atoms with Crippen LogP contribution in [0, 0.1) is 5.92 Å². The van der Waals surface area contributed by atoms with Crippen LogP contribution >= 0.6 is 0 Å². The maximum Gasteiger partial charge on any atom is 0.245 e. The summed E-state index contributed by atoms with van der Waals surface area (Å²) in [6.45, 7) is 5.90. The monoisotopic (exact) mass is 267 g/mol. The fourth-order valence-corrected chi connectivity index (χ4v) is 3.22. The van der Waals surface area contributed by atoms with Crippen molar-refractivity contribution < 1.29 is 9.59 Å². The van der Waals surface area contributed by atoms with Gasteiger partial charge in [0.25, 0.3) is 0 Å². The first-order valence-electron chi connectivity index (χ1n) is 7.37. The Morgan fingerprint density at radius 2 is 2.00 bits per heavy atom. The van der Waals surface area contributed by atoms with Crippen LogP contribution in [0.2, 0.25) is 0 Å². The molecule has 1 heterocycles. The minimum atomic E-state index is -0.315. The van der Waals surface area contributed by atoms with E-state index in [-0.39, 0.29) is 17.9 Å². The third-order valence-electron chi connectivity index (χ3n) is 4.18.